The van der Waals surface area contributed by atoms with Crippen LogP contribution in [0.25, 0.3) is 0 Å². The lowest BCUT2D eigenvalue weighted by Gasteiger charge is -2.23. The summed E-state index contributed by atoms with van der Waals surface area (Å²) < 4.78 is 5.28. The van der Waals surface area contributed by atoms with Gasteiger partial charge in [-0.2, -0.15) is 0 Å². The third-order valence-corrected chi connectivity index (χ3v) is 3.68. The number of nitrogens with one attached hydrogen (secondary N) is 1. The van der Waals surface area contributed by atoms with Crippen molar-refractivity contribution in [3.05, 3.63) is 23.8 Å². The molecule has 1 atom stereocenters. The third kappa shape index (κ3) is 3.26. The number of hydrogen-bond acceptors (Lipinski definition) is 3. The minimum Gasteiger partial charge on any atom is -0.495 e. The molecule has 1 N–H and O–H groups in total. The molecule has 104 valence electrons. The zero-order valence-electron chi connectivity index (χ0n) is 11.9. The van der Waals surface area contributed by atoms with Crippen molar-refractivity contribution in [2.24, 2.45) is 0 Å². The van der Waals surface area contributed by atoms with E-state index in [1.54, 1.807) is 7.11 Å². The number of anilines is 1. The van der Waals surface area contributed by atoms with E-state index in [2.05, 4.69) is 10.2 Å². The van der Waals surface area contributed by atoms with Crippen LogP contribution < -0.4 is 10.1 Å². The number of likely N-dealkylation sites (tertiary alicyclic amines) is 1. The molecular weight excluding hydrogens is 240 g/mol. The Hall–Kier alpha value is -1.55. The lowest BCUT2D eigenvalue weighted by molar-refractivity contribution is -0.120. The van der Waals surface area contributed by atoms with Crippen molar-refractivity contribution in [2.75, 3.05) is 25.5 Å². The third-order valence-electron chi connectivity index (χ3n) is 3.68. The highest BCUT2D eigenvalue weighted by molar-refractivity contribution is 5.95. The first-order valence-electron chi connectivity index (χ1n) is 6.81. The van der Waals surface area contributed by atoms with Gasteiger partial charge in [-0.05, 0) is 57.5 Å². The predicted octanol–water partition coefficient (Wildman–Crippen LogP) is 2.43. The number of aryl methyl sites for hydroxylation is 1. The number of ether oxygens (including phenoxy) is 1. The van der Waals surface area contributed by atoms with Crippen LogP contribution in [-0.4, -0.2) is 37.0 Å². The first-order chi connectivity index (χ1) is 9.11. The van der Waals surface area contributed by atoms with E-state index < -0.39 is 0 Å². The second kappa shape index (κ2) is 6.06. The van der Waals surface area contributed by atoms with Gasteiger partial charge in [-0.15, -0.1) is 0 Å². The summed E-state index contributed by atoms with van der Waals surface area (Å²) in [5.41, 5.74) is 1.85. The molecule has 1 aromatic carbocycles. The number of hydrogen-bond donors (Lipinski definition) is 1. The fraction of sp³-hybridized carbons (Fsp3) is 0.533. The van der Waals surface area contributed by atoms with Crippen molar-refractivity contribution in [1.82, 2.24) is 4.90 Å². The molecule has 0 bridgehead atoms. The van der Waals surface area contributed by atoms with E-state index in [4.69, 9.17) is 4.74 Å². The van der Waals surface area contributed by atoms with E-state index in [-0.39, 0.29) is 11.9 Å². The Morgan fingerprint density at radius 1 is 1.37 bits per heavy atom. The SMILES string of the molecule is COc1ccc(C)cc1NC(=O)[C@H](C)N1CCCC1. The maximum absolute atomic E-state index is 12.3. The lowest BCUT2D eigenvalue weighted by atomic mass is 10.2. The molecule has 1 aromatic rings. The average molecular weight is 262 g/mol. The summed E-state index contributed by atoms with van der Waals surface area (Å²) in [6, 6.07) is 5.70. The molecule has 4 nitrogen and oxygen atoms in total. The Kier molecular flexibility index (Phi) is 4.43. The maximum atomic E-state index is 12.3. The van der Waals surface area contributed by atoms with Gasteiger partial charge in [0.15, 0.2) is 0 Å². The average Bonchev–Trinajstić information content (AvgIpc) is 2.92. The quantitative estimate of drug-likeness (QED) is 0.906. The summed E-state index contributed by atoms with van der Waals surface area (Å²) in [4.78, 5) is 14.5. The van der Waals surface area contributed by atoms with Crippen LogP contribution in [0.4, 0.5) is 5.69 Å². The first-order valence-corrected chi connectivity index (χ1v) is 6.81. The summed E-state index contributed by atoms with van der Waals surface area (Å²) in [5, 5.41) is 2.97. The van der Waals surface area contributed by atoms with E-state index in [1.807, 2.05) is 32.0 Å². The zero-order chi connectivity index (χ0) is 13.8. The molecule has 1 fully saturated rings. The summed E-state index contributed by atoms with van der Waals surface area (Å²) in [6.45, 7) is 5.99. The number of nitrogens with zero attached hydrogens (tertiary/aromatic N) is 1. The Balaban J connectivity index is 2.07. The van der Waals surface area contributed by atoms with Crippen LogP contribution >= 0.6 is 0 Å². The topological polar surface area (TPSA) is 41.6 Å². The van der Waals surface area contributed by atoms with Crippen molar-refractivity contribution in [2.45, 2.75) is 32.7 Å². The van der Waals surface area contributed by atoms with Gasteiger partial charge in [0.1, 0.15) is 5.75 Å². The minimum atomic E-state index is -0.0901. The molecule has 1 aliphatic heterocycles. The monoisotopic (exact) mass is 262 g/mol. The largest absolute Gasteiger partial charge is 0.495 e. The fourth-order valence-corrected chi connectivity index (χ4v) is 2.45. The van der Waals surface area contributed by atoms with Crippen LogP contribution in [0.1, 0.15) is 25.3 Å². The van der Waals surface area contributed by atoms with E-state index in [1.165, 1.54) is 12.8 Å². The highest BCUT2D eigenvalue weighted by Crippen LogP contribution is 2.25. The molecule has 0 unspecified atom stereocenters. The minimum absolute atomic E-state index is 0.0331. The number of carbonyl (C=O) groups excluding carboxylic acids is 1. The molecule has 2 rings (SSSR count). The number of methoxy groups -OCH3 is 1. The van der Waals surface area contributed by atoms with Crippen LogP contribution in [0.5, 0.6) is 5.75 Å². The molecule has 0 saturated carbocycles. The molecule has 0 aliphatic carbocycles. The lowest BCUT2D eigenvalue weighted by Crippen LogP contribution is -2.40. The van der Waals surface area contributed by atoms with Gasteiger partial charge >= 0.3 is 0 Å². The highest BCUT2D eigenvalue weighted by atomic mass is 16.5. The summed E-state index contributed by atoms with van der Waals surface area (Å²) in [6.07, 6.45) is 2.37. The second-order valence-corrected chi connectivity index (χ2v) is 5.11. The van der Waals surface area contributed by atoms with E-state index in [9.17, 15) is 4.79 Å². The van der Waals surface area contributed by atoms with Crippen molar-refractivity contribution >= 4 is 11.6 Å². The molecule has 0 aromatic heterocycles. The van der Waals surface area contributed by atoms with E-state index >= 15 is 0 Å². The van der Waals surface area contributed by atoms with Gasteiger partial charge in [0.2, 0.25) is 5.91 Å². The second-order valence-electron chi connectivity index (χ2n) is 5.11. The molecule has 4 heteroatoms. The van der Waals surface area contributed by atoms with Gasteiger partial charge in [-0.25, -0.2) is 0 Å². The number of amides is 1. The number of rotatable bonds is 4. The Labute approximate surface area is 114 Å². The molecule has 1 heterocycles. The van der Waals surface area contributed by atoms with Gasteiger partial charge in [0.05, 0.1) is 18.8 Å². The van der Waals surface area contributed by atoms with Crippen molar-refractivity contribution in [3.8, 4) is 5.75 Å². The summed E-state index contributed by atoms with van der Waals surface area (Å²) in [7, 11) is 1.62. The number of carbonyl (C=O) groups is 1. The van der Waals surface area contributed by atoms with Gasteiger partial charge < -0.3 is 10.1 Å². The van der Waals surface area contributed by atoms with Gasteiger partial charge in [0, 0.05) is 0 Å². The smallest absolute Gasteiger partial charge is 0.241 e. The van der Waals surface area contributed by atoms with Crippen LogP contribution in [0.3, 0.4) is 0 Å². The van der Waals surface area contributed by atoms with Crippen molar-refractivity contribution in [3.63, 3.8) is 0 Å². The van der Waals surface area contributed by atoms with Crippen LogP contribution in [0.15, 0.2) is 18.2 Å². The summed E-state index contributed by atoms with van der Waals surface area (Å²) >= 11 is 0. The molecular formula is C15H22N2O2. The van der Waals surface area contributed by atoms with Crippen molar-refractivity contribution in [1.29, 1.82) is 0 Å². The molecule has 0 radical (unpaired) electrons. The molecule has 0 spiro atoms. The molecule has 1 saturated heterocycles. The standard InChI is InChI=1S/C15H22N2O2/c1-11-6-7-14(19-3)13(10-11)16-15(18)12(2)17-8-4-5-9-17/h6-7,10,12H,4-5,8-9H2,1-3H3,(H,16,18)/t12-/m0/s1. The Morgan fingerprint density at radius 2 is 2.05 bits per heavy atom. The van der Waals surface area contributed by atoms with Crippen LogP contribution in [0, 0.1) is 6.92 Å². The number of benzene rings is 1. The Morgan fingerprint density at radius 3 is 2.68 bits per heavy atom. The van der Waals surface area contributed by atoms with Gasteiger partial charge in [-0.3, -0.25) is 9.69 Å². The zero-order valence-corrected chi connectivity index (χ0v) is 11.9. The van der Waals surface area contributed by atoms with Crippen LogP contribution in [-0.2, 0) is 4.79 Å². The Bertz CT molecular complexity index is 453. The van der Waals surface area contributed by atoms with Crippen molar-refractivity contribution < 1.29 is 9.53 Å². The summed E-state index contributed by atoms with van der Waals surface area (Å²) in [5.74, 6) is 0.735. The molecule has 1 aliphatic rings. The predicted molar refractivity (Wildman–Crippen MR) is 76.6 cm³/mol. The van der Waals surface area contributed by atoms with Gasteiger partial charge in [-0.1, -0.05) is 6.07 Å². The highest BCUT2D eigenvalue weighted by Gasteiger charge is 2.24. The molecule has 1 amide bonds. The fourth-order valence-electron chi connectivity index (χ4n) is 2.45. The molecule has 19 heavy (non-hydrogen) atoms. The maximum Gasteiger partial charge on any atom is 0.241 e. The van der Waals surface area contributed by atoms with E-state index in [0.29, 0.717) is 5.75 Å². The first kappa shape index (κ1) is 13.9. The van der Waals surface area contributed by atoms with Gasteiger partial charge in [0.25, 0.3) is 0 Å². The van der Waals surface area contributed by atoms with Crippen LogP contribution in [0.2, 0.25) is 0 Å². The van der Waals surface area contributed by atoms with E-state index in [0.717, 1.165) is 24.3 Å². The normalized spacial score (nSPS) is 17.2.